The number of anilines is 3. The SMILES string of the molecule is COc1ccc(NC(=O)c2ccc(Nc3ccc4c(c3)OCCO4)nn2)cc1. The Bertz CT molecular complexity index is 975. The molecule has 3 aromatic rings. The summed E-state index contributed by atoms with van der Waals surface area (Å²) in [6, 6.07) is 15.9. The Morgan fingerprint density at radius 3 is 2.39 bits per heavy atom. The van der Waals surface area contributed by atoms with Crippen LogP contribution in [0.25, 0.3) is 0 Å². The third-order valence-electron chi connectivity index (χ3n) is 4.06. The largest absolute Gasteiger partial charge is 0.497 e. The maximum Gasteiger partial charge on any atom is 0.276 e. The molecule has 1 amide bonds. The summed E-state index contributed by atoms with van der Waals surface area (Å²) in [6.07, 6.45) is 0. The minimum Gasteiger partial charge on any atom is -0.497 e. The Morgan fingerprint density at radius 2 is 1.68 bits per heavy atom. The first-order valence-corrected chi connectivity index (χ1v) is 8.67. The number of carbonyl (C=O) groups is 1. The molecule has 0 unspecified atom stereocenters. The van der Waals surface area contributed by atoms with Crippen LogP contribution in [0.2, 0.25) is 0 Å². The van der Waals surface area contributed by atoms with E-state index in [9.17, 15) is 4.79 Å². The molecule has 1 aromatic heterocycles. The van der Waals surface area contributed by atoms with Crippen LogP contribution in [0.3, 0.4) is 0 Å². The second-order valence-electron chi connectivity index (χ2n) is 5.97. The number of hydrogen-bond acceptors (Lipinski definition) is 7. The number of benzene rings is 2. The third-order valence-corrected chi connectivity index (χ3v) is 4.06. The molecule has 1 aliphatic rings. The van der Waals surface area contributed by atoms with Crippen molar-refractivity contribution in [2.24, 2.45) is 0 Å². The van der Waals surface area contributed by atoms with Gasteiger partial charge in [-0.25, -0.2) is 0 Å². The zero-order chi connectivity index (χ0) is 19.3. The topological polar surface area (TPSA) is 94.6 Å². The fourth-order valence-electron chi connectivity index (χ4n) is 2.66. The monoisotopic (exact) mass is 378 g/mol. The Balaban J connectivity index is 1.41. The number of fused-ring (bicyclic) bond motifs is 1. The van der Waals surface area contributed by atoms with Crippen molar-refractivity contribution in [3.05, 3.63) is 60.3 Å². The summed E-state index contributed by atoms with van der Waals surface area (Å²) in [7, 11) is 1.59. The molecule has 2 aromatic carbocycles. The number of methoxy groups -OCH3 is 1. The van der Waals surface area contributed by atoms with Crippen molar-refractivity contribution < 1.29 is 19.0 Å². The van der Waals surface area contributed by atoms with E-state index < -0.39 is 0 Å². The lowest BCUT2D eigenvalue weighted by Gasteiger charge is -2.19. The van der Waals surface area contributed by atoms with Crippen molar-refractivity contribution in [1.82, 2.24) is 10.2 Å². The summed E-state index contributed by atoms with van der Waals surface area (Å²) in [5, 5.41) is 13.9. The van der Waals surface area contributed by atoms with Crippen molar-refractivity contribution in [2.75, 3.05) is 31.0 Å². The van der Waals surface area contributed by atoms with E-state index in [0.29, 0.717) is 42.0 Å². The summed E-state index contributed by atoms with van der Waals surface area (Å²) < 4.78 is 16.2. The number of aromatic nitrogens is 2. The molecule has 0 radical (unpaired) electrons. The van der Waals surface area contributed by atoms with Gasteiger partial charge in [-0.3, -0.25) is 4.79 Å². The van der Waals surface area contributed by atoms with E-state index in [1.54, 1.807) is 43.5 Å². The van der Waals surface area contributed by atoms with Crippen LogP contribution in [0.1, 0.15) is 10.5 Å². The molecule has 0 fully saturated rings. The van der Waals surface area contributed by atoms with Crippen LogP contribution in [0.4, 0.5) is 17.2 Å². The fraction of sp³-hybridized carbons (Fsp3) is 0.150. The van der Waals surface area contributed by atoms with Gasteiger partial charge in [0.1, 0.15) is 19.0 Å². The first-order valence-electron chi connectivity index (χ1n) is 8.67. The van der Waals surface area contributed by atoms with E-state index in [1.807, 2.05) is 18.2 Å². The molecule has 0 atom stereocenters. The van der Waals surface area contributed by atoms with Crippen LogP contribution in [0.15, 0.2) is 54.6 Å². The van der Waals surface area contributed by atoms with Gasteiger partial charge in [0, 0.05) is 17.4 Å². The van der Waals surface area contributed by atoms with Crippen LogP contribution in [0, 0.1) is 0 Å². The lowest BCUT2D eigenvalue weighted by molar-refractivity contribution is 0.102. The standard InChI is InChI=1S/C20H18N4O4/c1-26-15-5-2-13(3-6-15)22-20(25)16-7-9-19(24-23-16)21-14-4-8-17-18(12-14)28-11-10-27-17/h2-9,12H,10-11H2,1H3,(H,21,24)(H,22,25). The Labute approximate surface area is 161 Å². The van der Waals surface area contributed by atoms with Crippen LogP contribution in [-0.2, 0) is 0 Å². The molecular formula is C20H18N4O4. The highest BCUT2D eigenvalue weighted by Crippen LogP contribution is 2.33. The molecule has 2 heterocycles. The normalized spacial score (nSPS) is 12.2. The van der Waals surface area contributed by atoms with Crippen molar-refractivity contribution in [3.63, 3.8) is 0 Å². The summed E-state index contributed by atoms with van der Waals surface area (Å²) >= 11 is 0. The summed E-state index contributed by atoms with van der Waals surface area (Å²) in [5.41, 5.74) is 1.64. The Hall–Kier alpha value is -3.81. The molecule has 28 heavy (non-hydrogen) atoms. The van der Waals surface area contributed by atoms with E-state index >= 15 is 0 Å². The van der Waals surface area contributed by atoms with E-state index in [-0.39, 0.29) is 11.6 Å². The van der Waals surface area contributed by atoms with Gasteiger partial charge in [-0.1, -0.05) is 0 Å². The van der Waals surface area contributed by atoms with Crippen molar-refractivity contribution >= 4 is 23.1 Å². The smallest absolute Gasteiger partial charge is 0.276 e. The lowest BCUT2D eigenvalue weighted by atomic mass is 10.2. The number of ether oxygens (including phenoxy) is 3. The second kappa shape index (κ2) is 7.83. The van der Waals surface area contributed by atoms with Crippen molar-refractivity contribution in [3.8, 4) is 17.2 Å². The Kier molecular flexibility index (Phi) is 4.92. The quantitative estimate of drug-likeness (QED) is 0.704. The average Bonchev–Trinajstić information content (AvgIpc) is 2.75. The minimum absolute atomic E-state index is 0.212. The van der Waals surface area contributed by atoms with Crippen molar-refractivity contribution in [2.45, 2.75) is 0 Å². The maximum atomic E-state index is 12.3. The van der Waals surface area contributed by atoms with Gasteiger partial charge in [-0.15, -0.1) is 10.2 Å². The average molecular weight is 378 g/mol. The number of nitrogens with one attached hydrogen (secondary N) is 2. The molecule has 8 nitrogen and oxygen atoms in total. The molecule has 4 rings (SSSR count). The highest BCUT2D eigenvalue weighted by Gasteiger charge is 2.13. The van der Waals surface area contributed by atoms with Gasteiger partial charge in [0.2, 0.25) is 0 Å². The summed E-state index contributed by atoms with van der Waals surface area (Å²) in [6.45, 7) is 1.07. The Morgan fingerprint density at radius 1 is 0.929 bits per heavy atom. The number of hydrogen-bond donors (Lipinski definition) is 2. The predicted molar refractivity (Wildman–Crippen MR) is 104 cm³/mol. The molecule has 1 aliphatic heterocycles. The van der Waals surface area contributed by atoms with E-state index in [0.717, 1.165) is 5.69 Å². The molecule has 0 saturated carbocycles. The minimum atomic E-state index is -0.344. The van der Waals surface area contributed by atoms with Gasteiger partial charge in [-0.05, 0) is 48.5 Å². The maximum absolute atomic E-state index is 12.3. The van der Waals surface area contributed by atoms with E-state index in [2.05, 4.69) is 20.8 Å². The van der Waals surface area contributed by atoms with Crippen molar-refractivity contribution in [1.29, 1.82) is 0 Å². The fourth-order valence-corrected chi connectivity index (χ4v) is 2.66. The zero-order valence-electron chi connectivity index (χ0n) is 15.1. The summed E-state index contributed by atoms with van der Waals surface area (Å²) in [5.74, 6) is 2.28. The first kappa shape index (κ1) is 17.6. The van der Waals surface area contributed by atoms with Gasteiger partial charge < -0.3 is 24.8 Å². The number of rotatable bonds is 5. The molecule has 142 valence electrons. The van der Waals surface area contributed by atoms with Gasteiger partial charge >= 0.3 is 0 Å². The van der Waals surface area contributed by atoms with E-state index in [4.69, 9.17) is 14.2 Å². The van der Waals surface area contributed by atoms with Crippen LogP contribution in [-0.4, -0.2) is 36.4 Å². The van der Waals surface area contributed by atoms with Gasteiger partial charge in [0.15, 0.2) is 23.0 Å². The third kappa shape index (κ3) is 3.96. The number of carbonyl (C=O) groups excluding carboxylic acids is 1. The van der Waals surface area contributed by atoms with Crippen LogP contribution >= 0.6 is 0 Å². The molecule has 0 aliphatic carbocycles. The summed E-state index contributed by atoms with van der Waals surface area (Å²) in [4.78, 5) is 12.3. The van der Waals surface area contributed by atoms with Crippen LogP contribution in [0.5, 0.6) is 17.2 Å². The molecule has 2 N–H and O–H groups in total. The van der Waals surface area contributed by atoms with Gasteiger partial charge in [0.25, 0.3) is 5.91 Å². The second-order valence-corrected chi connectivity index (χ2v) is 5.97. The highest BCUT2D eigenvalue weighted by molar-refractivity contribution is 6.02. The number of amides is 1. The zero-order valence-corrected chi connectivity index (χ0v) is 15.1. The molecule has 8 heteroatoms. The van der Waals surface area contributed by atoms with Gasteiger partial charge in [0.05, 0.1) is 7.11 Å². The molecular weight excluding hydrogens is 360 g/mol. The highest BCUT2D eigenvalue weighted by atomic mass is 16.6. The van der Waals surface area contributed by atoms with Gasteiger partial charge in [-0.2, -0.15) is 0 Å². The number of nitrogens with zero attached hydrogens (tertiary/aromatic N) is 2. The molecule has 0 spiro atoms. The molecule has 0 saturated heterocycles. The van der Waals surface area contributed by atoms with Crippen LogP contribution < -0.4 is 24.8 Å². The lowest BCUT2D eigenvalue weighted by Crippen LogP contribution is -2.15. The molecule has 0 bridgehead atoms. The first-order chi connectivity index (χ1) is 13.7. The predicted octanol–water partition coefficient (Wildman–Crippen LogP) is 3.25. The van der Waals surface area contributed by atoms with E-state index in [1.165, 1.54) is 0 Å².